The Morgan fingerprint density at radius 3 is 2.62 bits per heavy atom. The van der Waals surface area contributed by atoms with Crippen LogP contribution in [0.5, 0.6) is 11.5 Å². The molecule has 2 aromatic heterocycles. The fourth-order valence-electron chi connectivity index (χ4n) is 4.44. The van der Waals surface area contributed by atoms with Gasteiger partial charge in [-0.15, -0.1) is 22.7 Å². The number of aliphatic imine (C=N–C) groups is 1. The van der Waals surface area contributed by atoms with E-state index < -0.39 is 11.9 Å². The first-order chi connectivity index (χ1) is 20.4. The number of rotatable bonds is 11. The van der Waals surface area contributed by atoms with E-state index in [2.05, 4.69) is 25.6 Å². The van der Waals surface area contributed by atoms with E-state index in [0.717, 1.165) is 35.5 Å². The SMILES string of the molecule is CCOC(=O)c1csc(NC(=O)c2csc(NC(=O)CCCOc3cc4c(cc3OC)C(=O)N3CCC[C@H]3C=N4)n2)n1. The number of fused-ring (bicyclic) bond motifs is 2. The van der Waals surface area contributed by atoms with E-state index >= 15 is 0 Å². The molecule has 1 aromatic carbocycles. The van der Waals surface area contributed by atoms with Gasteiger partial charge < -0.3 is 24.4 Å². The van der Waals surface area contributed by atoms with Gasteiger partial charge in [-0.25, -0.2) is 14.8 Å². The molecule has 0 spiro atoms. The maximum atomic E-state index is 13.0. The van der Waals surface area contributed by atoms with Crippen molar-refractivity contribution < 1.29 is 33.4 Å². The van der Waals surface area contributed by atoms with E-state index in [4.69, 9.17) is 14.2 Å². The molecule has 2 N–H and O–H groups in total. The molecule has 3 amide bonds. The average molecular weight is 613 g/mol. The van der Waals surface area contributed by atoms with Crippen molar-refractivity contribution in [3.63, 3.8) is 0 Å². The number of hydrogen-bond acceptors (Lipinski definition) is 12. The highest BCUT2D eigenvalue weighted by atomic mass is 32.1. The van der Waals surface area contributed by atoms with Crippen LogP contribution >= 0.6 is 22.7 Å². The van der Waals surface area contributed by atoms with E-state index in [1.54, 1.807) is 19.1 Å². The highest BCUT2D eigenvalue weighted by Crippen LogP contribution is 2.38. The van der Waals surface area contributed by atoms with E-state index in [0.29, 0.717) is 35.7 Å². The summed E-state index contributed by atoms with van der Waals surface area (Å²) >= 11 is 2.19. The minimum atomic E-state index is -0.568. The molecule has 1 atom stereocenters. The number of carbonyl (C=O) groups excluding carboxylic acids is 4. The van der Waals surface area contributed by atoms with Gasteiger partial charge in [-0.2, -0.15) is 0 Å². The Kier molecular flexibility index (Phi) is 9.07. The Morgan fingerprint density at radius 2 is 1.83 bits per heavy atom. The first-order valence-corrected chi connectivity index (χ1v) is 15.0. The lowest BCUT2D eigenvalue weighted by atomic mass is 10.1. The van der Waals surface area contributed by atoms with Crippen molar-refractivity contribution in [3.8, 4) is 11.5 Å². The zero-order chi connectivity index (χ0) is 29.6. The standard InChI is InChI=1S/C27H28N6O7S2/c1-3-39-25(37)19-14-42-27(30-19)32-23(35)18-13-41-26(29-18)31-22(34)7-5-9-40-21-11-17-16(10-20(21)38-2)24(36)33-8-4-6-15(33)12-28-17/h10-15H,3-9H2,1-2H3,(H,29,31,34)(H,30,32,35)/t15-/m0/s1. The van der Waals surface area contributed by atoms with Crippen LogP contribution < -0.4 is 20.1 Å². The van der Waals surface area contributed by atoms with Gasteiger partial charge in [0.15, 0.2) is 27.5 Å². The number of ether oxygens (including phenoxy) is 3. The largest absolute Gasteiger partial charge is 0.493 e. The first kappa shape index (κ1) is 29.1. The number of methoxy groups -OCH3 is 1. The van der Waals surface area contributed by atoms with E-state index in [-0.39, 0.29) is 59.1 Å². The summed E-state index contributed by atoms with van der Waals surface area (Å²) in [5, 5.41) is 8.76. The smallest absolute Gasteiger partial charge is 0.357 e. The molecule has 0 radical (unpaired) electrons. The molecular weight excluding hydrogens is 584 g/mol. The number of esters is 1. The van der Waals surface area contributed by atoms with Crippen molar-refractivity contribution in [1.29, 1.82) is 0 Å². The van der Waals surface area contributed by atoms with Gasteiger partial charge in [0.05, 0.1) is 37.6 Å². The maximum absolute atomic E-state index is 13.0. The summed E-state index contributed by atoms with van der Waals surface area (Å²) in [5.41, 5.74) is 1.21. The van der Waals surface area contributed by atoms with Gasteiger partial charge in [-0.3, -0.25) is 24.7 Å². The molecule has 1 saturated heterocycles. The Labute approximate surface area is 248 Å². The number of carbonyl (C=O) groups is 4. The molecular formula is C27H28N6O7S2. The van der Waals surface area contributed by atoms with Crippen molar-refractivity contribution >= 4 is 68.5 Å². The van der Waals surface area contributed by atoms with Gasteiger partial charge in [-0.1, -0.05) is 0 Å². The summed E-state index contributed by atoms with van der Waals surface area (Å²) in [6, 6.07) is 3.35. The molecule has 0 saturated carbocycles. The van der Waals surface area contributed by atoms with Gasteiger partial charge in [0, 0.05) is 36.0 Å². The Hall–Kier alpha value is -4.37. The third kappa shape index (κ3) is 6.57. The summed E-state index contributed by atoms with van der Waals surface area (Å²) in [7, 11) is 1.51. The summed E-state index contributed by atoms with van der Waals surface area (Å²) in [6.07, 6.45) is 4.21. The van der Waals surface area contributed by atoms with Crippen LogP contribution in [0.25, 0.3) is 0 Å². The van der Waals surface area contributed by atoms with Crippen LogP contribution in [0.1, 0.15) is 63.9 Å². The second-order valence-corrected chi connectivity index (χ2v) is 11.0. The average Bonchev–Trinajstić information content (AvgIpc) is 3.74. The lowest BCUT2D eigenvalue weighted by Crippen LogP contribution is -2.35. The summed E-state index contributed by atoms with van der Waals surface area (Å²) in [5.74, 6) is -0.589. The number of aromatic nitrogens is 2. The van der Waals surface area contributed by atoms with E-state index in [1.807, 2.05) is 11.1 Å². The molecule has 0 bridgehead atoms. The highest BCUT2D eigenvalue weighted by Gasteiger charge is 2.32. The predicted molar refractivity (Wildman–Crippen MR) is 157 cm³/mol. The molecule has 5 rings (SSSR count). The summed E-state index contributed by atoms with van der Waals surface area (Å²) in [4.78, 5) is 64.3. The van der Waals surface area contributed by atoms with E-state index in [9.17, 15) is 19.2 Å². The molecule has 3 aromatic rings. The second kappa shape index (κ2) is 13.1. The van der Waals surface area contributed by atoms with Crippen LogP contribution in [0.2, 0.25) is 0 Å². The number of benzene rings is 1. The van der Waals surface area contributed by atoms with Crippen LogP contribution in [-0.2, 0) is 9.53 Å². The molecule has 0 aliphatic carbocycles. The van der Waals surface area contributed by atoms with Gasteiger partial charge in [0.25, 0.3) is 11.8 Å². The Morgan fingerprint density at radius 1 is 1.07 bits per heavy atom. The fraction of sp³-hybridized carbons (Fsp3) is 0.370. The van der Waals surface area contributed by atoms with Gasteiger partial charge in [0.1, 0.15) is 5.69 Å². The summed E-state index contributed by atoms with van der Waals surface area (Å²) < 4.78 is 16.2. The Bertz CT molecular complexity index is 1530. The highest BCUT2D eigenvalue weighted by molar-refractivity contribution is 7.14. The molecule has 2 aliphatic heterocycles. The molecule has 2 aliphatic rings. The molecule has 13 nitrogen and oxygen atoms in total. The third-order valence-electron chi connectivity index (χ3n) is 6.46. The normalized spacial score (nSPS) is 15.4. The van der Waals surface area contributed by atoms with Crippen molar-refractivity contribution in [2.75, 3.05) is 37.5 Å². The third-order valence-corrected chi connectivity index (χ3v) is 7.97. The van der Waals surface area contributed by atoms with Crippen molar-refractivity contribution in [2.24, 2.45) is 4.99 Å². The van der Waals surface area contributed by atoms with Crippen LogP contribution in [-0.4, -0.2) is 77.7 Å². The van der Waals surface area contributed by atoms with Gasteiger partial charge >= 0.3 is 5.97 Å². The first-order valence-electron chi connectivity index (χ1n) is 13.3. The number of nitrogens with one attached hydrogen (secondary N) is 2. The number of thiazole rings is 2. The van der Waals surface area contributed by atoms with E-state index in [1.165, 1.54) is 17.9 Å². The minimum absolute atomic E-state index is 0.00564. The van der Waals surface area contributed by atoms with Gasteiger partial charge in [0.2, 0.25) is 5.91 Å². The van der Waals surface area contributed by atoms with Gasteiger partial charge in [-0.05, 0) is 32.3 Å². The van der Waals surface area contributed by atoms with Crippen LogP contribution in [0, 0.1) is 0 Å². The quantitative estimate of drug-likeness (QED) is 0.239. The number of anilines is 2. The Balaban J connectivity index is 1.10. The minimum Gasteiger partial charge on any atom is -0.493 e. The fourth-order valence-corrected chi connectivity index (χ4v) is 5.83. The molecule has 0 unspecified atom stereocenters. The predicted octanol–water partition coefficient (Wildman–Crippen LogP) is 4.16. The van der Waals surface area contributed by atoms with Crippen molar-refractivity contribution in [2.45, 2.75) is 38.6 Å². The molecule has 1 fully saturated rings. The molecule has 42 heavy (non-hydrogen) atoms. The lowest BCUT2D eigenvalue weighted by molar-refractivity contribution is -0.116. The summed E-state index contributed by atoms with van der Waals surface area (Å²) in [6.45, 7) is 2.84. The van der Waals surface area contributed by atoms with Crippen molar-refractivity contribution in [3.05, 3.63) is 39.8 Å². The number of amides is 3. The second-order valence-electron chi connectivity index (χ2n) is 9.26. The lowest BCUT2D eigenvalue weighted by Gasteiger charge is -2.20. The van der Waals surface area contributed by atoms with Crippen LogP contribution in [0.3, 0.4) is 0 Å². The monoisotopic (exact) mass is 612 g/mol. The number of nitrogens with zero attached hydrogens (tertiary/aromatic N) is 4. The van der Waals surface area contributed by atoms with Crippen molar-refractivity contribution in [1.82, 2.24) is 14.9 Å². The maximum Gasteiger partial charge on any atom is 0.357 e. The zero-order valence-corrected chi connectivity index (χ0v) is 24.5. The molecule has 220 valence electrons. The topological polar surface area (TPSA) is 161 Å². The van der Waals surface area contributed by atoms with Crippen LogP contribution in [0.15, 0.2) is 27.9 Å². The molecule has 15 heteroatoms. The van der Waals surface area contributed by atoms with Crippen LogP contribution in [0.4, 0.5) is 16.0 Å². The zero-order valence-electron chi connectivity index (χ0n) is 22.9. The number of hydrogen-bond donors (Lipinski definition) is 2. The molecule has 4 heterocycles.